The number of nitrogens with two attached hydrogens (primary N) is 1. The molecule has 1 rings (SSSR count). The molecule has 1 aromatic rings. The SMILES string of the molecule is CCC(NN)c1ccc(Br)c(Cl)c1F. The quantitative estimate of drug-likeness (QED) is 0.507. The van der Waals surface area contributed by atoms with Crippen LogP contribution < -0.4 is 11.3 Å². The minimum absolute atomic E-state index is 0.0937. The Kier molecular flexibility index (Phi) is 4.31. The van der Waals surface area contributed by atoms with E-state index >= 15 is 0 Å². The summed E-state index contributed by atoms with van der Waals surface area (Å²) in [6.07, 6.45) is 0.700. The third-order valence-corrected chi connectivity index (χ3v) is 3.31. The van der Waals surface area contributed by atoms with Crippen molar-refractivity contribution in [2.45, 2.75) is 19.4 Å². The molecule has 0 aliphatic heterocycles. The predicted molar refractivity (Wildman–Crippen MR) is 59.5 cm³/mol. The molecule has 78 valence electrons. The van der Waals surface area contributed by atoms with Gasteiger partial charge in [0, 0.05) is 16.1 Å². The van der Waals surface area contributed by atoms with Crippen LogP contribution in [-0.2, 0) is 0 Å². The highest BCUT2D eigenvalue weighted by molar-refractivity contribution is 9.10. The molecule has 14 heavy (non-hydrogen) atoms. The average molecular weight is 282 g/mol. The van der Waals surface area contributed by atoms with Gasteiger partial charge >= 0.3 is 0 Å². The molecule has 0 spiro atoms. The van der Waals surface area contributed by atoms with E-state index < -0.39 is 5.82 Å². The van der Waals surface area contributed by atoms with Crippen LogP contribution in [0.4, 0.5) is 4.39 Å². The minimum Gasteiger partial charge on any atom is -0.271 e. The Morgan fingerprint density at radius 1 is 1.64 bits per heavy atom. The topological polar surface area (TPSA) is 38.0 Å². The highest BCUT2D eigenvalue weighted by Crippen LogP contribution is 2.30. The number of rotatable bonds is 3. The van der Waals surface area contributed by atoms with Crippen molar-refractivity contribution in [2.24, 2.45) is 5.84 Å². The molecule has 1 atom stereocenters. The van der Waals surface area contributed by atoms with Gasteiger partial charge in [0.1, 0.15) is 5.82 Å². The fourth-order valence-corrected chi connectivity index (χ4v) is 1.72. The molecule has 2 nitrogen and oxygen atoms in total. The normalized spacial score (nSPS) is 12.9. The van der Waals surface area contributed by atoms with Gasteiger partial charge in [0.2, 0.25) is 0 Å². The van der Waals surface area contributed by atoms with Crippen molar-refractivity contribution in [3.05, 3.63) is 33.0 Å². The Hall–Kier alpha value is -0.160. The van der Waals surface area contributed by atoms with Crippen molar-refractivity contribution in [3.63, 3.8) is 0 Å². The zero-order chi connectivity index (χ0) is 10.7. The zero-order valence-electron chi connectivity index (χ0n) is 7.65. The lowest BCUT2D eigenvalue weighted by Gasteiger charge is -2.15. The van der Waals surface area contributed by atoms with Gasteiger partial charge < -0.3 is 0 Å². The highest BCUT2D eigenvalue weighted by atomic mass is 79.9. The number of benzene rings is 1. The third kappa shape index (κ3) is 2.25. The Labute approximate surface area is 95.7 Å². The largest absolute Gasteiger partial charge is 0.271 e. The van der Waals surface area contributed by atoms with E-state index in [4.69, 9.17) is 17.4 Å². The summed E-state index contributed by atoms with van der Waals surface area (Å²) in [5.41, 5.74) is 3.03. The minimum atomic E-state index is -0.425. The maximum absolute atomic E-state index is 13.6. The van der Waals surface area contributed by atoms with E-state index in [1.165, 1.54) is 0 Å². The smallest absolute Gasteiger partial charge is 0.147 e. The van der Waals surface area contributed by atoms with E-state index in [0.29, 0.717) is 16.5 Å². The van der Waals surface area contributed by atoms with Gasteiger partial charge in [-0.2, -0.15) is 0 Å². The van der Waals surface area contributed by atoms with E-state index in [1.807, 2.05) is 6.92 Å². The van der Waals surface area contributed by atoms with E-state index in [1.54, 1.807) is 12.1 Å². The van der Waals surface area contributed by atoms with Gasteiger partial charge in [0.05, 0.1) is 5.02 Å². The first-order valence-corrected chi connectivity index (χ1v) is 5.38. The average Bonchev–Trinajstić information content (AvgIpc) is 2.19. The maximum atomic E-state index is 13.6. The molecule has 0 saturated carbocycles. The van der Waals surface area contributed by atoms with Crippen LogP contribution in [0.3, 0.4) is 0 Å². The first-order valence-electron chi connectivity index (χ1n) is 4.21. The predicted octanol–water partition coefficient (Wildman–Crippen LogP) is 3.16. The van der Waals surface area contributed by atoms with E-state index in [9.17, 15) is 4.39 Å². The van der Waals surface area contributed by atoms with Crippen LogP contribution in [0.15, 0.2) is 16.6 Å². The molecule has 0 bridgehead atoms. The number of nitrogens with one attached hydrogen (secondary N) is 1. The van der Waals surface area contributed by atoms with Gasteiger partial charge in [-0.1, -0.05) is 24.6 Å². The number of hydrogen-bond donors (Lipinski definition) is 2. The molecule has 0 aromatic heterocycles. The lowest BCUT2D eigenvalue weighted by Crippen LogP contribution is -2.28. The second kappa shape index (κ2) is 5.07. The molecule has 0 radical (unpaired) electrons. The molecule has 0 saturated heterocycles. The summed E-state index contributed by atoms with van der Waals surface area (Å²) in [4.78, 5) is 0. The molecule has 0 fully saturated rings. The summed E-state index contributed by atoms with van der Waals surface area (Å²) in [5, 5.41) is 0.0937. The fraction of sp³-hybridized carbons (Fsp3) is 0.333. The second-order valence-corrected chi connectivity index (χ2v) is 4.12. The standard InChI is InChI=1S/C9H11BrClFN2/c1-2-7(14-13)5-3-4-6(10)8(11)9(5)12/h3-4,7,14H,2,13H2,1H3. The highest BCUT2D eigenvalue weighted by Gasteiger charge is 2.16. The Balaban J connectivity index is 3.16. The molecule has 0 heterocycles. The summed E-state index contributed by atoms with van der Waals surface area (Å²) in [6.45, 7) is 1.92. The maximum Gasteiger partial charge on any atom is 0.147 e. The lowest BCUT2D eigenvalue weighted by molar-refractivity contribution is 0.501. The molecular formula is C9H11BrClFN2. The Bertz CT molecular complexity index is 329. The Morgan fingerprint density at radius 2 is 2.29 bits per heavy atom. The summed E-state index contributed by atoms with van der Waals surface area (Å²) >= 11 is 8.90. The van der Waals surface area contributed by atoms with Gasteiger partial charge in [0.15, 0.2) is 0 Å². The van der Waals surface area contributed by atoms with Crippen LogP contribution in [-0.4, -0.2) is 0 Å². The molecule has 1 aromatic carbocycles. The Morgan fingerprint density at radius 3 is 2.79 bits per heavy atom. The van der Waals surface area contributed by atoms with Crippen LogP contribution in [0.25, 0.3) is 0 Å². The van der Waals surface area contributed by atoms with Gasteiger partial charge in [-0.05, 0) is 28.4 Å². The molecule has 0 aliphatic rings. The van der Waals surface area contributed by atoms with Crippen molar-refractivity contribution in [2.75, 3.05) is 0 Å². The van der Waals surface area contributed by atoms with Crippen molar-refractivity contribution < 1.29 is 4.39 Å². The van der Waals surface area contributed by atoms with Crippen molar-refractivity contribution in [3.8, 4) is 0 Å². The molecule has 1 unspecified atom stereocenters. The van der Waals surface area contributed by atoms with Crippen LogP contribution >= 0.6 is 27.5 Å². The number of halogens is 3. The fourth-order valence-electron chi connectivity index (χ4n) is 1.24. The van der Waals surface area contributed by atoms with Gasteiger partial charge in [-0.3, -0.25) is 11.3 Å². The van der Waals surface area contributed by atoms with Gasteiger partial charge in [-0.15, -0.1) is 0 Å². The van der Waals surface area contributed by atoms with Crippen molar-refractivity contribution in [1.82, 2.24) is 5.43 Å². The van der Waals surface area contributed by atoms with Crippen LogP contribution in [0.5, 0.6) is 0 Å². The first kappa shape index (κ1) is 11.9. The molecule has 0 aliphatic carbocycles. The van der Waals surface area contributed by atoms with Gasteiger partial charge in [0.25, 0.3) is 0 Å². The van der Waals surface area contributed by atoms with Gasteiger partial charge in [-0.25, -0.2) is 4.39 Å². The summed E-state index contributed by atoms with van der Waals surface area (Å²) in [6, 6.07) is 3.17. The van der Waals surface area contributed by atoms with Crippen molar-refractivity contribution >= 4 is 27.5 Å². The monoisotopic (exact) mass is 280 g/mol. The third-order valence-electron chi connectivity index (χ3n) is 2.05. The zero-order valence-corrected chi connectivity index (χ0v) is 9.99. The molecule has 0 amide bonds. The van der Waals surface area contributed by atoms with Crippen LogP contribution in [0.1, 0.15) is 24.9 Å². The summed E-state index contributed by atoms with van der Waals surface area (Å²) in [5.74, 6) is 4.88. The van der Waals surface area contributed by atoms with Crippen LogP contribution in [0, 0.1) is 5.82 Å². The summed E-state index contributed by atoms with van der Waals surface area (Å²) in [7, 11) is 0. The van der Waals surface area contributed by atoms with E-state index in [2.05, 4.69) is 21.4 Å². The first-order chi connectivity index (χ1) is 6.61. The molecule has 3 N–H and O–H groups in total. The number of hydrogen-bond acceptors (Lipinski definition) is 2. The van der Waals surface area contributed by atoms with E-state index in [-0.39, 0.29) is 11.1 Å². The number of hydrazine groups is 1. The molecule has 5 heteroatoms. The van der Waals surface area contributed by atoms with E-state index in [0.717, 1.165) is 0 Å². The second-order valence-electron chi connectivity index (χ2n) is 2.89. The summed E-state index contributed by atoms with van der Waals surface area (Å²) < 4.78 is 14.2. The molecular weight excluding hydrogens is 270 g/mol. The van der Waals surface area contributed by atoms with Crippen LogP contribution in [0.2, 0.25) is 5.02 Å². The van der Waals surface area contributed by atoms with Crippen molar-refractivity contribution in [1.29, 1.82) is 0 Å². The lowest BCUT2D eigenvalue weighted by atomic mass is 10.0.